The maximum absolute atomic E-state index is 12.1. The Morgan fingerprint density at radius 3 is 2.71 bits per heavy atom. The van der Waals surface area contributed by atoms with Crippen molar-refractivity contribution in [3.8, 4) is 5.75 Å². The molecule has 0 unspecified atom stereocenters. The average molecular weight is 548 g/mol. The van der Waals surface area contributed by atoms with Crippen LogP contribution in [-0.4, -0.2) is 30.5 Å². The number of nitrogens with one attached hydrogen (secondary N) is 3. The van der Waals surface area contributed by atoms with E-state index >= 15 is 0 Å². The highest BCUT2D eigenvalue weighted by atomic mass is 79.9. The molecule has 9 nitrogen and oxygen atoms in total. The fraction of sp³-hybridized carbons (Fsp3) is 0.130. The summed E-state index contributed by atoms with van der Waals surface area (Å²) in [5.74, 6) is -1.25. The lowest BCUT2D eigenvalue weighted by Crippen LogP contribution is -2.32. The third-order valence-corrected chi connectivity index (χ3v) is 5.28. The molecular formula is C23H20BrClN4O5. The van der Waals surface area contributed by atoms with Gasteiger partial charge in [-0.3, -0.25) is 14.4 Å². The Bertz CT molecular complexity index is 1210. The Hall–Kier alpha value is -3.63. The molecule has 0 bridgehead atoms. The molecule has 1 aromatic heterocycles. The lowest BCUT2D eigenvalue weighted by atomic mass is 10.2. The van der Waals surface area contributed by atoms with Gasteiger partial charge in [0.05, 0.1) is 19.0 Å². The molecule has 3 N–H and O–H groups in total. The topological polar surface area (TPSA) is 122 Å². The minimum absolute atomic E-state index is 0.239. The minimum Gasteiger partial charge on any atom is -0.483 e. The molecule has 3 amide bonds. The van der Waals surface area contributed by atoms with Gasteiger partial charge < -0.3 is 19.8 Å². The van der Waals surface area contributed by atoms with E-state index in [1.165, 1.54) is 12.5 Å². The Morgan fingerprint density at radius 2 is 1.97 bits per heavy atom. The molecule has 0 aliphatic heterocycles. The molecule has 2 aromatic carbocycles. The number of halogens is 2. The molecule has 0 spiro atoms. The summed E-state index contributed by atoms with van der Waals surface area (Å²) in [5.41, 5.74) is 3.85. The van der Waals surface area contributed by atoms with Gasteiger partial charge in [0.1, 0.15) is 11.5 Å². The molecule has 0 saturated carbocycles. The summed E-state index contributed by atoms with van der Waals surface area (Å²) in [6.45, 7) is 1.83. The summed E-state index contributed by atoms with van der Waals surface area (Å²) in [6.07, 6.45) is 2.82. The summed E-state index contributed by atoms with van der Waals surface area (Å²) >= 11 is 9.37. The van der Waals surface area contributed by atoms with Crippen LogP contribution in [0.3, 0.4) is 0 Å². The van der Waals surface area contributed by atoms with Crippen LogP contribution >= 0.6 is 27.5 Å². The highest BCUT2D eigenvalue weighted by molar-refractivity contribution is 9.10. The monoisotopic (exact) mass is 546 g/mol. The van der Waals surface area contributed by atoms with Crippen LogP contribution in [0, 0.1) is 6.92 Å². The fourth-order valence-electron chi connectivity index (χ4n) is 2.61. The predicted octanol–water partition coefficient (Wildman–Crippen LogP) is 3.79. The van der Waals surface area contributed by atoms with Gasteiger partial charge in [-0.1, -0.05) is 33.6 Å². The van der Waals surface area contributed by atoms with Crippen molar-refractivity contribution in [1.82, 2.24) is 10.7 Å². The van der Waals surface area contributed by atoms with Crippen molar-refractivity contribution < 1.29 is 23.5 Å². The number of ether oxygens (including phenoxy) is 1. The van der Waals surface area contributed by atoms with Crippen LogP contribution in [0.25, 0.3) is 0 Å². The Morgan fingerprint density at radius 1 is 1.15 bits per heavy atom. The molecule has 11 heteroatoms. The van der Waals surface area contributed by atoms with Crippen LogP contribution in [-0.2, 0) is 20.9 Å². The first-order valence-corrected chi connectivity index (χ1v) is 11.1. The largest absolute Gasteiger partial charge is 0.483 e. The Labute approximate surface area is 208 Å². The highest BCUT2D eigenvalue weighted by Crippen LogP contribution is 2.22. The average Bonchev–Trinajstić information content (AvgIpc) is 3.33. The van der Waals surface area contributed by atoms with Crippen LogP contribution in [0.1, 0.15) is 16.9 Å². The van der Waals surface area contributed by atoms with Crippen molar-refractivity contribution in [2.24, 2.45) is 5.10 Å². The van der Waals surface area contributed by atoms with E-state index in [-0.39, 0.29) is 19.1 Å². The van der Waals surface area contributed by atoms with Crippen LogP contribution in [0.4, 0.5) is 5.69 Å². The molecule has 0 fully saturated rings. The summed E-state index contributed by atoms with van der Waals surface area (Å²) in [5, 5.41) is 9.39. The van der Waals surface area contributed by atoms with E-state index in [0.717, 1.165) is 10.0 Å². The molecule has 3 aromatic rings. The maximum Gasteiger partial charge on any atom is 0.329 e. The number of carbonyl (C=O) groups excluding carboxylic acids is 3. The van der Waals surface area contributed by atoms with Crippen molar-refractivity contribution in [2.75, 3.05) is 11.9 Å². The number of hydrogen-bond donors (Lipinski definition) is 3. The molecule has 0 aliphatic rings. The summed E-state index contributed by atoms with van der Waals surface area (Å²) in [7, 11) is 0. The van der Waals surface area contributed by atoms with Gasteiger partial charge in [-0.25, -0.2) is 5.43 Å². The van der Waals surface area contributed by atoms with Gasteiger partial charge >= 0.3 is 11.8 Å². The van der Waals surface area contributed by atoms with E-state index in [2.05, 4.69) is 37.1 Å². The molecule has 34 heavy (non-hydrogen) atoms. The molecule has 176 valence electrons. The Balaban J connectivity index is 1.54. The van der Waals surface area contributed by atoms with E-state index in [9.17, 15) is 14.4 Å². The number of carbonyl (C=O) groups is 3. The first-order valence-electron chi connectivity index (χ1n) is 9.94. The van der Waals surface area contributed by atoms with Gasteiger partial charge in [-0.2, -0.15) is 5.10 Å². The lowest BCUT2D eigenvalue weighted by molar-refractivity contribution is -0.136. The molecule has 1 heterocycles. The maximum atomic E-state index is 12.1. The third kappa shape index (κ3) is 7.46. The second kappa shape index (κ2) is 12.0. The van der Waals surface area contributed by atoms with Gasteiger partial charge in [0, 0.05) is 20.7 Å². The van der Waals surface area contributed by atoms with Crippen molar-refractivity contribution in [2.45, 2.75) is 13.5 Å². The van der Waals surface area contributed by atoms with E-state index in [1.807, 2.05) is 6.92 Å². The first-order chi connectivity index (χ1) is 16.3. The van der Waals surface area contributed by atoms with Crippen LogP contribution in [0.5, 0.6) is 5.75 Å². The molecule has 0 atom stereocenters. The standard InChI is InChI=1S/C23H20BrClN4O5/c1-14-4-6-17(10-19(14)25)28-22(31)23(32)29-27-11-15-9-16(24)5-7-20(15)34-13-21(30)26-12-18-3-2-8-33-18/h2-11H,12-13H2,1H3,(H,26,30)(H,28,31)(H,29,32)/b27-11-. The number of amides is 3. The van der Waals surface area contributed by atoms with Gasteiger partial charge in [0.15, 0.2) is 6.61 Å². The van der Waals surface area contributed by atoms with E-state index in [1.54, 1.807) is 48.5 Å². The van der Waals surface area contributed by atoms with Crippen molar-refractivity contribution in [3.63, 3.8) is 0 Å². The predicted molar refractivity (Wildman–Crippen MR) is 131 cm³/mol. The van der Waals surface area contributed by atoms with Gasteiger partial charge in [-0.15, -0.1) is 0 Å². The van der Waals surface area contributed by atoms with Gasteiger partial charge in [0.2, 0.25) is 0 Å². The number of benzene rings is 2. The number of rotatable bonds is 8. The number of hydrazone groups is 1. The quantitative estimate of drug-likeness (QED) is 0.225. The Kier molecular flexibility index (Phi) is 8.83. The normalized spacial score (nSPS) is 10.7. The number of nitrogens with zero attached hydrogens (tertiary/aromatic N) is 1. The summed E-state index contributed by atoms with van der Waals surface area (Å²) in [6, 6.07) is 13.4. The fourth-order valence-corrected chi connectivity index (χ4v) is 3.17. The summed E-state index contributed by atoms with van der Waals surface area (Å²) in [4.78, 5) is 36.2. The second-order valence-corrected chi connectivity index (χ2v) is 8.27. The van der Waals surface area contributed by atoms with E-state index in [0.29, 0.717) is 27.8 Å². The molecule has 0 saturated heterocycles. The molecule has 0 aliphatic carbocycles. The van der Waals surface area contributed by atoms with Crippen LogP contribution in [0.2, 0.25) is 5.02 Å². The highest BCUT2D eigenvalue weighted by Gasteiger charge is 2.14. The van der Waals surface area contributed by atoms with E-state index in [4.69, 9.17) is 20.8 Å². The number of aryl methyl sites for hydroxylation is 1. The van der Waals surface area contributed by atoms with E-state index < -0.39 is 11.8 Å². The lowest BCUT2D eigenvalue weighted by Gasteiger charge is -2.10. The molecule has 0 radical (unpaired) electrons. The zero-order chi connectivity index (χ0) is 24.5. The van der Waals surface area contributed by atoms with Crippen LogP contribution < -0.4 is 20.8 Å². The third-order valence-electron chi connectivity index (χ3n) is 4.38. The molecule has 3 rings (SSSR count). The SMILES string of the molecule is Cc1ccc(NC(=O)C(=O)N/N=C\c2cc(Br)ccc2OCC(=O)NCc2ccco2)cc1Cl. The second-order valence-electron chi connectivity index (χ2n) is 6.94. The van der Waals surface area contributed by atoms with Gasteiger partial charge in [-0.05, 0) is 55.0 Å². The first kappa shape index (κ1) is 25.0. The number of hydrogen-bond acceptors (Lipinski definition) is 6. The smallest absolute Gasteiger partial charge is 0.329 e. The zero-order valence-corrected chi connectivity index (χ0v) is 20.3. The van der Waals surface area contributed by atoms with Gasteiger partial charge in [0.25, 0.3) is 5.91 Å². The van der Waals surface area contributed by atoms with Crippen molar-refractivity contribution in [3.05, 3.63) is 81.2 Å². The minimum atomic E-state index is -0.970. The summed E-state index contributed by atoms with van der Waals surface area (Å²) < 4.78 is 11.5. The van der Waals surface area contributed by atoms with Crippen LogP contribution in [0.15, 0.2) is 68.8 Å². The van der Waals surface area contributed by atoms with Crippen molar-refractivity contribution in [1.29, 1.82) is 0 Å². The zero-order valence-electron chi connectivity index (χ0n) is 17.9. The van der Waals surface area contributed by atoms with Crippen molar-refractivity contribution >= 4 is 57.2 Å². The molecular weight excluding hydrogens is 528 g/mol. The number of furan rings is 1. The number of anilines is 1.